The van der Waals surface area contributed by atoms with Crippen LogP contribution in [0.1, 0.15) is 31.1 Å². The molecule has 0 atom stereocenters. The first-order valence-electron chi connectivity index (χ1n) is 10.0. The highest BCUT2D eigenvalue weighted by Gasteiger charge is 2.34. The van der Waals surface area contributed by atoms with E-state index in [1.165, 1.54) is 36.4 Å². The van der Waals surface area contributed by atoms with Gasteiger partial charge in [-0.1, -0.05) is 36.4 Å². The van der Waals surface area contributed by atoms with Gasteiger partial charge in [-0.25, -0.2) is 4.90 Å². The van der Waals surface area contributed by atoms with Gasteiger partial charge in [0.15, 0.2) is 0 Å². The van der Waals surface area contributed by atoms with Crippen LogP contribution >= 0.6 is 0 Å². The van der Waals surface area contributed by atoms with Gasteiger partial charge in [0.05, 0.1) is 10.6 Å². The van der Waals surface area contributed by atoms with Crippen LogP contribution in [0.25, 0.3) is 10.8 Å². The van der Waals surface area contributed by atoms with Gasteiger partial charge in [0.2, 0.25) is 0 Å². The predicted octanol–water partition coefficient (Wildman–Crippen LogP) is 4.80. The Kier molecular flexibility index (Phi) is 4.68. The Balaban J connectivity index is 1.49. The third-order valence-corrected chi connectivity index (χ3v) is 5.45. The van der Waals surface area contributed by atoms with E-state index in [2.05, 4.69) is 5.32 Å². The summed E-state index contributed by atoms with van der Waals surface area (Å²) >= 11 is 0. The first-order valence-corrected chi connectivity index (χ1v) is 10.0. The topological polar surface area (TPSA) is 110 Å². The van der Waals surface area contributed by atoms with Crippen LogP contribution in [0, 0.1) is 10.1 Å². The number of carbonyl (C=O) groups excluding carboxylic acids is 3. The van der Waals surface area contributed by atoms with Crippen molar-refractivity contribution in [2.24, 2.45) is 0 Å². The lowest BCUT2D eigenvalue weighted by molar-refractivity contribution is -0.384. The first-order chi connectivity index (χ1) is 15.9. The lowest BCUT2D eigenvalue weighted by Crippen LogP contribution is -2.40. The highest BCUT2D eigenvalue weighted by Crippen LogP contribution is 2.33. The van der Waals surface area contributed by atoms with E-state index in [1.807, 2.05) is 12.1 Å². The fourth-order valence-corrected chi connectivity index (χ4v) is 3.95. The van der Waals surface area contributed by atoms with Crippen molar-refractivity contribution >= 4 is 45.6 Å². The molecular formula is C25H15N3O5. The monoisotopic (exact) mass is 437 g/mol. The average molecular weight is 437 g/mol. The van der Waals surface area contributed by atoms with Crippen LogP contribution in [0.4, 0.5) is 17.1 Å². The van der Waals surface area contributed by atoms with Crippen molar-refractivity contribution in [2.45, 2.75) is 0 Å². The van der Waals surface area contributed by atoms with Crippen LogP contribution in [-0.4, -0.2) is 22.6 Å². The lowest BCUT2D eigenvalue weighted by atomic mass is 9.93. The van der Waals surface area contributed by atoms with Gasteiger partial charge < -0.3 is 5.32 Å². The summed E-state index contributed by atoms with van der Waals surface area (Å²) in [5.74, 6) is -1.47. The average Bonchev–Trinajstić information content (AvgIpc) is 2.83. The summed E-state index contributed by atoms with van der Waals surface area (Å²) in [4.78, 5) is 50.7. The van der Waals surface area contributed by atoms with Gasteiger partial charge in [-0.05, 0) is 41.8 Å². The smallest absolute Gasteiger partial charge is 0.271 e. The molecule has 33 heavy (non-hydrogen) atoms. The molecule has 4 aromatic rings. The Labute approximate surface area is 187 Å². The molecule has 160 valence electrons. The summed E-state index contributed by atoms with van der Waals surface area (Å²) in [6, 6.07) is 22.2. The Hall–Kier alpha value is -4.85. The van der Waals surface area contributed by atoms with E-state index >= 15 is 0 Å². The lowest BCUT2D eigenvalue weighted by Gasteiger charge is -2.27. The maximum absolute atomic E-state index is 13.2. The van der Waals surface area contributed by atoms with Gasteiger partial charge in [-0.2, -0.15) is 0 Å². The fraction of sp³-hybridized carbons (Fsp3) is 0. The van der Waals surface area contributed by atoms with Gasteiger partial charge in [0.1, 0.15) is 0 Å². The molecule has 1 aliphatic rings. The number of carbonyl (C=O) groups is 3. The fourth-order valence-electron chi connectivity index (χ4n) is 3.95. The molecule has 5 rings (SSSR count). The molecule has 1 heterocycles. The number of nitro benzene ring substituents is 1. The molecule has 8 heteroatoms. The quantitative estimate of drug-likeness (QED) is 0.280. The molecule has 0 aromatic heterocycles. The zero-order valence-electron chi connectivity index (χ0n) is 17.0. The van der Waals surface area contributed by atoms with E-state index in [1.54, 1.807) is 36.4 Å². The maximum Gasteiger partial charge on any atom is 0.271 e. The number of nitrogens with zero attached hydrogens (tertiary/aromatic N) is 2. The van der Waals surface area contributed by atoms with Crippen molar-refractivity contribution in [1.29, 1.82) is 0 Å². The van der Waals surface area contributed by atoms with Crippen LogP contribution in [-0.2, 0) is 0 Å². The summed E-state index contributed by atoms with van der Waals surface area (Å²) < 4.78 is 0. The minimum atomic E-state index is -0.553. The minimum absolute atomic E-state index is 0.154. The van der Waals surface area contributed by atoms with Crippen LogP contribution < -0.4 is 10.2 Å². The second kappa shape index (κ2) is 7.69. The van der Waals surface area contributed by atoms with E-state index in [4.69, 9.17) is 0 Å². The number of hydrogen-bond donors (Lipinski definition) is 1. The molecule has 8 nitrogen and oxygen atoms in total. The van der Waals surface area contributed by atoms with E-state index in [0.717, 1.165) is 10.3 Å². The van der Waals surface area contributed by atoms with Crippen molar-refractivity contribution in [3.8, 4) is 0 Å². The zero-order valence-corrected chi connectivity index (χ0v) is 17.0. The largest absolute Gasteiger partial charge is 0.322 e. The van der Waals surface area contributed by atoms with Crippen molar-refractivity contribution < 1.29 is 19.3 Å². The van der Waals surface area contributed by atoms with Gasteiger partial charge in [0.25, 0.3) is 23.4 Å². The van der Waals surface area contributed by atoms with Crippen molar-refractivity contribution in [3.63, 3.8) is 0 Å². The second-order valence-electron chi connectivity index (χ2n) is 7.47. The van der Waals surface area contributed by atoms with Crippen molar-refractivity contribution in [2.75, 3.05) is 10.2 Å². The molecular weight excluding hydrogens is 422 g/mol. The molecule has 3 amide bonds. The molecule has 0 saturated carbocycles. The molecule has 0 unspecified atom stereocenters. The summed E-state index contributed by atoms with van der Waals surface area (Å²) in [7, 11) is 0. The number of nitro groups is 1. The standard InChI is InChI=1S/C25H15N3O5/c29-23(26-17-8-4-10-19(14-17)28(32)33)16-7-1-9-18(13-16)27-24(30)20-11-2-5-15-6-3-12-21(22(15)20)25(27)31/h1-14H,(H,26,29). The van der Waals surface area contributed by atoms with E-state index in [-0.39, 0.29) is 22.6 Å². The molecule has 0 bridgehead atoms. The summed E-state index contributed by atoms with van der Waals surface area (Å²) in [6.07, 6.45) is 0. The number of non-ortho nitro benzene ring substituents is 1. The Morgan fingerprint density at radius 1 is 0.818 bits per heavy atom. The van der Waals surface area contributed by atoms with Crippen molar-refractivity contribution in [1.82, 2.24) is 0 Å². The maximum atomic E-state index is 13.2. The highest BCUT2D eigenvalue weighted by molar-refractivity contribution is 6.35. The molecule has 1 aliphatic heterocycles. The van der Waals surface area contributed by atoms with Crippen LogP contribution in [0.5, 0.6) is 0 Å². The van der Waals surface area contributed by atoms with E-state index in [0.29, 0.717) is 16.5 Å². The molecule has 0 aliphatic carbocycles. The van der Waals surface area contributed by atoms with E-state index < -0.39 is 22.6 Å². The van der Waals surface area contributed by atoms with E-state index in [9.17, 15) is 24.5 Å². The Bertz CT molecular complexity index is 1440. The SMILES string of the molecule is O=C(Nc1cccc([N+](=O)[O-])c1)c1cccc(N2C(=O)c3cccc4cccc(c34)C2=O)c1. The number of nitrogens with one attached hydrogen (secondary N) is 1. The second-order valence-corrected chi connectivity index (χ2v) is 7.47. The molecule has 4 aromatic carbocycles. The Morgan fingerprint density at radius 3 is 2.12 bits per heavy atom. The van der Waals surface area contributed by atoms with Gasteiger partial charge in [-0.15, -0.1) is 0 Å². The molecule has 1 N–H and O–H groups in total. The van der Waals surface area contributed by atoms with Gasteiger partial charge >= 0.3 is 0 Å². The summed E-state index contributed by atoms with van der Waals surface area (Å²) in [6.45, 7) is 0. The molecule has 0 saturated heterocycles. The third-order valence-electron chi connectivity index (χ3n) is 5.45. The Morgan fingerprint density at radius 2 is 1.45 bits per heavy atom. The van der Waals surface area contributed by atoms with Gasteiger partial charge in [-0.3, -0.25) is 24.5 Å². The number of anilines is 2. The summed E-state index contributed by atoms with van der Waals surface area (Å²) in [5.41, 5.74) is 1.37. The van der Waals surface area contributed by atoms with Gasteiger partial charge in [0, 0.05) is 39.9 Å². The number of rotatable bonds is 4. The normalized spacial score (nSPS) is 12.7. The van der Waals surface area contributed by atoms with Crippen LogP contribution in [0.3, 0.4) is 0 Å². The van der Waals surface area contributed by atoms with Crippen LogP contribution in [0.15, 0.2) is 84.9 Å². The zero-order chi connectivity index (χ0) is 23.1. The molecule has 0 radical (unpaired) electrons. The van der Waals surface area contributed by atoms with Crippen molar-refractivity contribution in [3.05, 3.63) is 112 Å². The number of benzene rings is 4. The van der Waals surface area contributed by atoms with Crippen LogP contribution in [0.2, 0.25) is 0 Å². The number of imide groups is 1. The molecule has 0 spiro atoms. The third kappa shape index (κ3) is 3.39. The first kappa shape index (κ1) is 20.1. The summed E-state index contributed by atoms with van der Waals surface area (Å²) in [5, 5.41) is 15.0. The number of hydrogen-bond acceptors (Lipinski definition) is 5. The molecule has 0 fully saturated rings. The number of amides is 3. The minimum Gasteiger partial charge on any atom is -0.322 e. The highest BCUT2D eigenvalue weighted by atomic mass is 16.6. The predicted molar refractivity (Wildman–Crippen MR) is 123 cm³/mol.